The maximum atomic E-state index is 13.7. The van der Waals surface area contributed by atoms with E-state index in [-0.39, 0.29) is 49.5 Å². The van der Waals surface area contributed by atoms with Crippen LogP contribution in [0.25, 0.3) is 0 Å². The summed E-state index contributed by atoms with van der Waals surface area (Å²) in [5, 5.41) is 3.05. The third kappa shape index (κ3) is 7.99. The van der Waals surface area contributed by atoms with Crippen LogP contribution in [0, 0.1) is 18.6 Å². The highest BCUT2D eigenvalue weighted by atomic mass is 32.2. The first-order valence-electron chi connectivity index (χ1n) is 12.5. The van der Waals surface area contributed by atoms with E-state index in [1.54, 1.807) is 6.92 Å². The minimum Gasteiger partial charge on any atom is -0.352 e. The predicted octanol–water partition coefficient (Wildman–Crippen LogP) is 4.30. The highest BCUT2D eigenvalue weighted by molar-refractivity contribution is 7.92. The predicted molar refractivity (Wildman–Crippen MR) is 139 cm³/mol. The number of halogens is 2. The van der Waals surface area contributed by atoms with Gasteiger partial charge in [0.05, 0.1) is 11.9 Å². The van der Waals surface area contributed by atoms with E-state index in [4.69, 9.17) is 0 Å². The minimum atomic E-state index is -3.81. The monoisotopic (exact) mass is 535 g/mol. The molecule has 1 N–H and O–H groups in total. The molecule has 0 aliphatic heterocycles. The van der Waals surface area contributed by atoms with Crippen molar-refractivity contribution < 1.29 is 26.8 Å². The second kappa shape index (κ2) is 12.5. The summed E-state index contributed by atoms with van der Waals surface area (Å²) in [6, 6.07) is 9.95. The molecular weight excluding hydrogens is 500 g/mol. The fourth-order valence-corrected chi connectivity index (χ4v) is 5.58. The number of aryl methyl sites for hydroxylation is 1. The standard InChI is InChI=1S/C27H35F2N3O4S/c1-19-8-6-9-21(16-19)18-31(20(2)27(34)30-22-10-4-5-11-22)26(33)12-7-15-32(37(3,35)36)23-13-14-24(28)25(29)17-23/h6,8-9,13-14,16-17,20,22H,4-5,7,10-12,15,18H2,1-3H3,(H,30,34)/t20-/m1/s1. The quantitative estimate of drug-likeness (QED) is 0.465. The summed E-state index contributed by atoms with van der Waals surface area (Å²) in [6.07, 6.45) is 5.07. The molecule has 1 aliphatic rings. The van der Waals surface area contributed by atoms with E-state index in [0.717, 1.165) is 59.5 Å². The van der Waals surface area contributed by atoms with Crippen molar-refractivity contribution in [2.75, 3.05) is 17.1 Å². The first-order valence-corrected chi connectivity index (χ1v) is 14.4. The number of carbonyl (C=O) groups excluding carboxylic acids is 2. The van der Waals surface area contributed by atoms with Crippen LogP contribution in [0.4, 0.5) is 14.5 Å². The van der Waals surface area contributed by atoms with E-state index in [1.807, 2.05) is 31.2 Å². The van der Waals surface area contributed by atoms with Gasteiger partial charge in [-0.25, -0.2) is 17.2 Å². The highest BCUT2D eigenvalue weighted by Gasteiger charge is 2.29. The molecule has 1 saturated carbocycles. The Bertz CT molecular complexity index is 1220. The highest BCUT2D eigenvalue weighted by Crippen LogP contribution is 2.22. The number of sulfonamides is 1. The second-order valence-electron chi connectivity index (χ2n) is 9.71. The SMILES string of the molecule is Cc1cccc(CN(C(=O)CCCN(c2ccc(F)c(F)c2)S(C)(=O)=O)[C@H](C)C(=O)NC2CCCC2)c1. The molecule has 0 spiro atoms. The molecule has 0 heterocycles. The van der Waals surface area contributed by atoms with E-state index in [1.165, 1.54) is 11.0 Å². The van der Waals surface area contributed by atoms with Crippen molar-refractivity contribution in [1.29, 1.82) is 0 Å². The number of hydrogen-bond acceptors (Lipinski definition) is 4. The van der Waals surface area contributed by atoms with Gasteiger partial charge >= 0.3 is 0 Å². The fraction of sp³-hybridized carbons (Fsp3) is 0.481. The van der Waals surface area contributed by atoms with E-state index in [2.05, 4.69) is 5.32 Å². The molecule has 0 aromatic heterocycles. The Morgan fingerprint density at radius 1 is 1.08 bits per heavy atom. The van der Waals surface area contributed by atoms with Crippen LogP contribution in [0.1, 0.15) is 56.6 Å². The number of hydrogen-bond donors (Lipinski definition) is 1. The molecule has 7 nitrogen and oxygen atoms in total. The Labute approximate surface area is 217 Å². The van der Waals surface area contributed by atoms with Crippen LogP contribution in [0.2, 0.25) is 0 Å². The summed E-state index contributed by atoms with van der Waals surface area (Å²) < 4.78 is 52.7. The molecular formula is C27H35F2N3O4S. The van der Waals surface area contributed by atoms with Crippen LogP contribution in [-0.2, 0) is 26.2 Å². The van der Waals surface area contributed by atoms with Gasteiger partial charge in [-0.1, -0.05) is 42.7 Å². The third-order valence-corrected chi connectivity index (χ3v) is 7.84. The minimum absolute atomic E-state index is 0.0187. The molecule has 37 heavy (non-hydrogen) atoms. The fourth-order valence-electron chi connectivity index (χ4n) is 4.63. The Morgan fingerprint density at radius 3 is 2.41 bits per heavy atom. The molecule has 10 heteroatoms. The van der Waals surface area contributed by atoms with Crippen LogP contribution >= 0.6 is 0 Å². The maximum absolute atomic E-state index is 13.7. The van der Waals surface area contributed by atoms with Crippen molar-refractivity contribution >= 4 is 27.5 Å². The normalized spacial score (nSPS) is 14.8. The van der Waals surface area contributed by atoms with Crippen molar-refractivity contribution in [2.45, 2.75) is 71.0 Å². The topological polar surface area (TPSA) is 86.8 Å². The van der Waals surface area contributed by atoms with E-state index >= 15 is 0 Å². The van der Waals surface area contributed by atoms with Crippen LogP contribution in [-0.4, -0.2) is 50.0 Å². The Kier molecular flexibility index (Phi) is 9.64. The Balaban J connectivity index is 1.73. The number of anilines is 1. The zero-order valence-corrected chi connectivity index (χ0v) is 22.4. The second-order valence-corrected chi connectivity index (χ2v) is 11.6. The van der Waals surface area contributed by atoms with Gasteiger partial charge < -0.3 is 10.2 Å². The molecule has 0 unspecified atom stereocenters. The van der Waals surface area contributed by atoms with Gasteiger partial charge in [0, 0.05) is 31.6 Å². The van der Waals surface area contributed by atoms with Crippen LogP contribution < -0.4 is 9.62 Å². The Morgan fingerprint density at radius 2 is 1.78 bits per heavy atom. The number of nitrogens with zero attached hydrogens (tertiary/aromatic N) is 2. The average molecular weight is 536 g/mol. The molecule has 2 aromatic carbocycles. The number of nitrogens with one attached hydrogen (secondary N) is 1. The van der Waals surface area contributed by atoms with Gasteiger partial charge in [0.1, 0.15) is 6.04 Å². The zero-order chi connectivity index (χ0) is 27.2. The molecule has 2 aromatic rings. The molecule has 0 saturated heterocycles. The zero-order valence-electron chi connectivity index (χ0n) is 21.5. The maximum Gasteiger partial charge on any atom is 0.242 e. The average Bonchev–Trinajstić information content (AvgIpc) is 3.34. The Hall–Kier alpha value is -3.01. The van der Waals surface area contributed by atoms with Crippen LogP contribution in [0.5, 0.6) is 0 Å². The lowest BCUT2D eigenvalue weighted by Crippen LogP contribution is -2.49. The van der Waals surface area contributed by atoms with Crippen molar-refractivity contribution in [3.8, 4) is 0 Å². The number of carbonyl (C=O) groups is 2. The molecule has 0 bridgehead atoms. The lowest BCUT2D eigenvalue weighted by atomic mass is 10.1. The van der Waals surface area contributed by atoms with Gasteiger partial charge in [0.2, 0.25) is 21.8 Å². The van der Waals surface area contributed by atoms with Crippen molar-refractivity contribution in [3.05, 3.63) is 65.2 Å². The third-order valence-electron chi connectivity index (χ3n) is 6.65. The molecule has 0 radical (unpaired) electrons. The molecule has 1 aliphatic carbocycles. The molecule has 1 fully saturated rings. The molecule has 3 rings (SSSR count). The summed E-state index contributed by atoms with van der Waals surface area (Å²) >= 11 is 0. The first kappa shape index (κ1) is 28.6. The summed E-state index contributed by atoms with van der Waals surface area (Å²) in [7, 11) is -3.81. The number of benzene rings is 2. The number of rotatable bonds is 11. The van der Waals surface area contributed by atoms with Gasteiger partial charge in [0.25, 0.3) is 0 Å². The van der Waals surface area contributed by atoms with Gasteiger partial charge in [0.15, 0.2) is 11.6 Å². The first-order chi connectivity index (χ1) is 17.5. The van der Waals surface area contributed by atoms with Crippen molar-refractivity contribution in [1.82, 2.24) is 10.2 Å². The molecule has 1 atom stereocenters. The lowest BCUT2D eigenvalue weighted by Gasteiger charge is -2.30. The molecule has 202 valence electrons. The summed E-state index contributed by atoms with van der Waals surface area (Å²) in [5.41, 5.74) is 1.89. The van der Waals surface area contributed by atoms with Crippen molar-refractivity contribution in [2.24, 2.45) is 0 Å². The van der Waals surface area contributed by atoms with Crippen LogP contribution in [0.15, 0.2) is 42.5 Å². The van der Waals surface area contributed by atoms with Gasteiger partial charge in [-0.15, -0.1) is 0 Å². The van der Waals surface area contributed by atoms with Crippen molar-refractivity contribution in [3.63, 3.8) is 0 Å². The summed E-state index contributed by atoms with van der Waals surface area (Å²) in [6.45, 7) is 3.78. The van der Waals surface area contributed by atoms with E-state index in [9.17, 15) is 26.8 Å². The van der Waals surface area contributed by atoms with E-state index < -0.39 is 27.7 Å². The summed E-state index contributed by atoms with van der Waals surface area (Å²) in [4.78, 5) is 27.9. The lowest BCUT2D eigenvalue weighted by molar-refractivity contribution is -0.141. The smallest absolute Gasteiger partial charge is 0.242 e. The summed E-state index contributed by atoms with van der Waals surface area (Å²) in [5.74, 6) is -2.75. The largest absolute Gasteiger partial charge is 0.352 e. The van der Waals surface area contributed by atoms with Gasteiger partial charge in [-0.2, -0.15) is 0 Å². The van der Waals surface area contributed by atoms with Crippen LogP contribution in [0.3, 0.4) is 0 Å². The van der Waals surface area contributed by atoms with Gasteiger partial charge in [-0.05, 0) is 50.8 Å². The van der Waals surface area contributed by atoms with Gasteiger partial charge in [-0.3, -0.25) is 13.9 Å². The number of amides is 2. The molecule has 2 amide bonds. The van der Waals surface area contributed by atoms with E-state index in [0.29, 0.717) is 0 Å².